The van der Waals surface area contributed by atoms with Crippen molar-refractivity contribution in [3.05, 3.63) is 59.8 Å². The van der Waals surface area contributed by atoms with Gasteiger partial charge in [0.2, 0.25) is 5.78 Å². The van der Waals surface area contributed by atoms with Crippen molar-refractivity contribution >= 4 is 16.7 Å². The molecule has 4 nitrogen and oxygen atoms in total. The summed E-state index contributed by atoms with van der Waals surface area (Å²) < 4.78 is 7.33. The molecule has 0 aliphatic carbocycles. The molecule has 2 aromatic carbocycles. The molecule has 0 aliphatic rings. The van der Waals surface area contributed by atoms with E-state index in [1.165, 1.54) is 0 Å². The van der Waals surface area contributed by atoms with Gasteiger partial charge in [0.1, 0.15) is 11.4 Å². The molecule has 0 fully saturated rings. The predicted molar refractivity (Wildman–Crippen MR) is 100 cm³/mol. The highest BCUT2D eigenvalue weighted by Crippen LogP contribution is 2.27. The first-order chi connectivity index (χ1) is 12.2. The van der Waals surface area contributed by atoms with Crippen LogP contribution in [0.1, 0.15) is 42.7 Å². The Labute approximate surface area is 148 Å². The zero-order valence-electron chi connectivity index (χ0n) is 15.0. The molecule has 1 aromatic heterocycles. The molecule has 130 valence electrons. The fourth-order valence-electron chi connectivity index (χ4n) is 3.11. The maximum Gasteiger partial charge on any atom is 0.213 e. The summed E-state index contributed by atoms with van der Waals surface area (Å²) in [4.78, 5) is 12.9. The fourth-order valence-corrected chi connectivity index (χ4v) is 3.11. The number of rotatable bonds is 7. The van der Waals surface area contributed by atoms with Crippen LogP contribution in [0.4, 0.5) is 0 Å². The first kappa shape index (κ1) is 17.2. The Kier molecular flexibility index (Phi) is 5.17. The van der Waals surface area contributed by atoms with E-state index in [0.29, 0.717) is 17.2 Å². The van der Waals surface area contributed by atoms with Crippen LogP contribution in [0, 0.1) is 5.92 Å². The minimum atomic E-state index is -0.0425. The predicted octanol–water partition coefficient (Wildman–Crippen LogP) is 4.71. The number of carbonyl (C=O) groups excluding carboxylic acids is 1. The molecular weight excluding hydrogens is 312 g/mol. The molecule has 0 atom stereocenters. The van der Waals surface area contributed by atoms with Crippen LogP contribution in [0.2, 0.25) is 0 Å². The number of aromatic nitrogens is 2. The van der Waals surface area contributed by atoms with E-state index in [1.54, 1.807) is 7.11 Å². The summed E-state index contributed by atoms with van der Waals surface area (Å²) in [6.45, 7) is 5.19. The molecule has 0 unspecified atom stereocenters. The van der Waals surface area contributed by atoms with Crippen molar-refractivity contribution < 1.29 is 9.53 Å². The number of hydrogen-bond acceptors (Lipinski definition) is 3. The SMILES string of the molecule is CCC(CC)Cn1nc(C(=O)c2ccccc2)c2ccc(OC)cc21. The monoisotopic (exact) mass is 336 g/mol. The molecule has 3 aromatic rings. The molecule has 1 heterocycles. The Balaban J connectivity index is 2.11. The summed E-state index contributed by atoms with van der Waals surface area (Å²) in [7, 11) is 1.65. The van der Waals surface area contributed by atoms with Crippen molar-refractivity contribution in [3.8, 4) is 5.75 Å². The van der Waals surface area contributed by atoms with Gasteiger partial charge < -0.3 is 4.74 Å². The summed E-state index contributed by atoms with van der Waals surface area (Å²) in [5, 5.41) is 5.56. The standard InChI is InChI=1S/C21H24N2O2/c1-4-15(5-2)14-23-19-13-17(25-3)11-12-18(19)20(22-23)21(24)16-9-7-6-8-10-16/h6-13,15H,4-5,14H2,1-3H3. The lowest BCUT2D eigenvalue weighted by atomic mass is 10.0. The third kappa shape index (κ3) is 3.43. The van der Waals surface area contributed by atoms with E-state index < -0.39 is 0 Å². The summed E-state index contributed by atoms with van der Waals surface area (Å²) in [6, 6.07) is 15.1. The van der Waals surface area contributed by atoms with Crippen LogP contribution in [0.15, 0.2) is 48.5 Å². The number of ether oxygens (including phenoxy) is 1. The van der Waals surface area contributed by atoms with Crippen molar-refractivity contribution in [3.63, 3.8) is 0 Å². The number of benzene rings is 2. The zero-order valence-corrected chi connectivity index (χ0v) is 15.0. The zero-order chi connectivity index (χ0) is 17.8. The van der Waals surface area contributed by atoms with Crippen molar-refractivity contribution in [2.45, 2.75) is 33.2 Å². The summed E-state index contributed by atoms with van der Waals surface area (Å²) in [5.74, 6) is 1.27. The van der Waals surface area contributed by atoms with Gasteiger partial charge in [-0.2, -0.15) is 5.10 Å². The first-order valence-corrected chi connectivity index (χ1v) is 8.82. The highest BCUT2D eigenvalue weighted by molar-refractivity contribution is 6.14. The molecule has 0 N–H and O–H groups in total. The minimum absolute atomic E-state index is 0.0425. The van der Waals surface area contributed by atoms with Gasteiger partial charge in [-0.3, -0.25) is 9.48 Å². The van der Waals surface area contributed by atoms with Gasteiger partial charge in [0.05, 0.1) is 12.6 Å². The second kappa shape index (κ2) is 7.51. The molecule has 0 saturated carbocycles. The van der Waals surface area contributed by atoms with E-state index in [-0.39, 0.29) is 5.78 Å². The second-order valence-corrected chi connectivity index (χ2v) is 6.29. The summed E-state index contributed by atoms with van der Waals surface area (Å²) >= 11 is 0. The smallest absolute Gasteiger partial charge is 0.213 e. The Morgan fingerprint density at radius 2 is 1.84 bits per heavy atom. The molecule has 0 amide bonds. The number of methoxy groups -OCH3 is 1. The van der Waals surface area contributed by atoms with E-state index in [2.05, 4.69) is 18.9 Å². The lowest BCUT2D eigenvalue weighted by Crippen LogP contribution is -2.11. The number of hydrogen-bond donors (Lipinski definition) is 0. The average Bonchev–Trinajstić information content (AvgIpc) is 3.03. The van der Waals surface area contributed by atoms with Crippen molar-refractivity contribution in [1.82, 2.24) is 9.78 Å². The molecule has 0 spiro atoms. The maximum absolute atomic E-state index is 12.9. The quantitative estimate of drug-likeness (QED) is 0.587. The first-order valence-electron chi connectivity index (χ1n) is 8.82. The van der Waals surface area contributed by atoms with Gasteiger partial charge >= 0.3 is 0 Å². The van der Waals surface area contributed by atoms with Gasteiger partial charge in [-0.15, -0.1) is 0 Å². The van der Waals surface area contributed by atoms with E-state index >= 15 is 0 Å². The molecule has 0 bridgehead atoms. The molecule has 4 heteroatoms. The average molecular weight is 336 g/mol. The largest absolute Gasteiger partial charge is 0.497 e. The third-order valence-corrected chi connectivity index (χ3v) is 4.80. The summed E-state index contributed by atoms with van der Waals surface area (Å²) in [6.07, 6.45) is 2.17. The summed E-state index contributed by atoms with van der Waals surface area (Å²) in [5.41, 5.74) is 2.12. The third-order valence-electron chi connectivity index (χ3n) is 4.80. The molecule has 0 aliphatic heterocycles. The van der Waals surface area contributed by atoms with Crippen LogP contribution in [-0.2, 0) is 6.54 Å². The molecule has 0 saturated heterocycles. The lowest BCUT2D eigenvalue weighted by molar-refractivity contribution is 0.103. The highest BCUT2D eigenvalue weighted by Gasteiger charge is 2.20. The van der Waals surface area contributed by atoms with E-state index in [0.717, 1.165) is 36.0 Å². The van der Waals surface area contributed by atoms with Crippen molar-refractivity contribution in [2.24, 2.45) is 5.92 Å². The number of carbonyl (C=O) groups is 1. The van der Waals surface area contributed by atoms with Crippen LogP contribution in [0.3, 0.4) is 0 Å². The maximum atomic E-state index is 12.9. The van der Waals surface area contributed by atoms with E-state index in [1.807, 2.05) is 53.2 Å². The molecule has 3 rings (SSSR count). The number of ketones is 1. The highest BCUT2D eigenvalue weighted by atomic mass is 16.5. The Morgan fingerprint density at radius 3 is 2.48 bits per heavy atom. The molecular formula is C21H24N2O2. The van der Waals surface area contributed by atoms with Crippen LogP contribution in [-0.4, -0.2) is 22.7 Å². The van der Waals surface area contributed by atoms with Crippen LogP contribution in [0.25, 0.3) is 10.9 Å². The van der Waals surface area contributed by atoms with Gasteiger partial charge in [-0.05, 0) is 18.1 Å². The minimum Gasteiger partial charge on any atom is -0.497 e. The van der Waals surface area contributed by atoms with E-state index in [9.17, 15) is 4.79 Å². The van der Waals surface area contributed by atoms with Crippen molar-refractivity contribution in [1.29, 1.82) is 0 Å². The van der Waals surface area contributed by atoms with Gasteiger partial charge in [0.15, 0.2) is 0 Å². The Morgan fingerprint density at radius 1 is 1.12 bits per heavy atom. The Bertz CT molecular complexity index is 864. The lowest BCUT2D eigenvalue weighted by Gasteiger charge is -2.13. The van der Waals surface area contributed by atoms with Crippen molar-refractivity contribution in [2.75, 3.05) is 7.11 Å². The molecule has 0 radical (unpaired) electrons. The van der Waals surface area contributed by atoms with Gasteiger partial charge in [-0.25, -0.2) is 0 Å². The van der Waals surface area contributed by atoms with Gasteiger partial charge in [0.25, 0.3) is 0 Å². The van der Waals surface area contributed by atoms with Crippen LogP contribution < -0.4 is 4.74 Å². The second-order valence-electron chi connectivity index (χ2n) is 6.29. The van der Waals surface area contributed by atoms with Gasteiger partial charge in [-0.1, -0.05) is 57.0 Å². The topological polar surface area (TPSA) is 44.1 Å². The number of fused-ring (bicyclic) bond motifs is 1. The fraction of sp³-hybridized carbons (Fsp3) is 0.333. The van der Waals surface area contributed by atoms with E-state index in [4.69, 9.17) is 4.74 Å². The Hall–Kier alpha value is -2.62. The van der Waals surface area contributed by atoms with Crippen LogP contribution in [0.5, 0.6) is 5.75 Å². The molecule has 25 heavy (non-hydrogen) atoms. The normalized spacial score (nSPS) is 11.2. The van der Waals surface area contributed by atoms with Crippen LogP contribution >= 0.6 is 0 Å². The van der Waals surface area contributed by atoms with Gasteiger partial charge in [0, 0.05) is 23.6 Å². The number of nitrogens with zero attached hydrogens (tertiary/aromatic N) is 2.